The van der Waals surface area contributed by atoms with Crippen LogP contribution in [0.5, 0.6) is 0 Å². The van der Waals surface area contributed by atoms with E-state index in [2.05, 4.69) is 31.9 Å². The van der Waals surface area contributed by atoms with Crippen molar-refractivity contribution < 1.29 is 4.79 Å². The molecule has 0 spiro atoms. The molecule has 0 heterocycles. The van der Waals surface area contributed by atoms with Crippen molar-refractivity contribution in [1.82, 2.24) is 0 Å². The molecule has 0 aromatic heterocycles. The molecular formula is C10H8Br2O. The minimum absolute atomic E-state index is 0.116. The zero-order chi connectivity index (χ0) is 9.42. The largest absolute Gasteiger partial charge is 0.299 e. The van der Waals surface area contributed by atoms with Crippen LogP contribution in [0, 0.1) is 0 Å². The number of benzene rings is 1. The van der Waals surface area contributed by atoms with Crippen molar-refractivity contribution in [1.29, 1.82) is 0 Å². The molecular weight excluding hydrogens is 296 g/mol. The molecule has 0 N–H and O–H groups in total. The van der Waals surface area contributed by atoms with Crippen LogP contribution >= 0.6 is 31.9 Å². The van der Waals surface area contributed by atoms with Crippen LogP contribution in [0.4, 0.5) is 0 Å². The van der Waals surface area contributed by atoms with Crippen molar-refractivity contribution in [2.24, 2.45) is 0 Å². The van der Waals surface area contributed by atoms with Crippen LogP contribution in [0.3, 0.4) is 0 Å². The monoisotopic (exact) mass is 302 g/mol. The molecule has 1 fully saturated rings. The van der Waals surface area contributed by atoms with Crippen molar-refractivity contribution in [3.63, 3.8) is 0 Å². The number of ketones is 1. The lowest BCUT2D eigenvalue weighted by molar-refractivity contribution is -0.125. The summed E-state index contributed by atoms with van der Waals surface area (Å²) in [5.41, 5.74) is 1.11. The Bertz CT molecular complexity index is 340. The molecule has 0 amide bonds. The first-order chi connectivity index (χ1) is 6.20. The fraction of sp³-hybridized carbons (Fsp3) is 0.300. The van der Waals surface area contributed by atoms with Crippen LogP contribution in [0.15, 0.2) is 27.1 Å². The second-order valence-corrected chi connectivity index (χ2v) is 4.90. The molecule has 13 heavy (non-hydrogen) atoms. The molecule has 1 aromatic carbocycles. The smallest absolute Gasteiger partial charge is 0.140 e. The van der Waals surface area contributed by atoms with Crippen LogP contribution in [-0.2, 0) is 4.79 Å². The van der Waals surface area contributed by atoms with Crippen LogP contribution in [-0.4, -0.2) is 5.78 Å². The van der Waals surface area contributed by atoms with E-state index >= 15 is 0 Å². The minimum atomic E-state index is 0.116. The van der Waals surface area contributed by atoms with Crippen molar-refractivity contribution in [2.45, 2.75) is 18.8 Å². The van der Waals surface area contributed by atoms with Gasteiger partial charge in [0.05, 0.1) is 0 Å². The van der Waals surface area contributed by atoms with Gasteiger partial charge < -0.3 is 0 Å². The second-order valence-electron chi connectivity index (χ2n) is 3.19. The predicted molar refractivity (Wildman–Crippen MR) is 58.8 cm³/mol. The van der Waals surface area contributed by atoms with Gasteiger partial charge >= 0.3 is 0 Å². The van der Waals surface area contributed by atoms with Crippen LogP contribution in [0.1, 0.15) is 24.3 Å². The summed E-state index contributed by atoms with van der Waals surface area (Å²) in [6, 6.07) is 5.91. The van der Waals surface area contributed by atoms with Crippen molar-refractivity contribution in [3.05, 3.63) is 32.7 Å². The van der Waals surface area contributed by atoms with E-state index in [0.29, 0.717) is 5.78 Å². The molecule has 1 atom stereocenters. The average Bonchev–Trinajstić information content (AvgIpc) is 2.09. The lowest BCUT2D eigenvalue weighted by atomic mass is 9.79. The molecule has 3 heteroatoms. The van der Waals surface area contributed by atoms with E-state index in [4.69, 9.17) is 0 Å². The average molecular weight is 304 g/mol. The van der Waals surface area contributed by atoms with Gasteiger partial charge in [-0.25, -0.2) is 0 Å². The highest BCUT2D eigenvalue weighted by atomic mass is 79.9. The van der Waals surface area contributed by atoms with Gasteiger partial charge in [-0.05, 0) is 24.1 Å². The third-order valence-electron chi connectivity index (χ3n) is 2.42. The van der Waals surface area contributed by atoms with E-state index in [0.717, 1.165) is 27.4 Å². The summed E-state index contributed by atoms with van der Waals surface area (Å²) < 4.78 is 2.06. The minimum Gasteiger partial charge on any atom is -0.299 e. The highest BCUT2D eigenvalue weighted by Crippen LogP contribution is 2.40. The number of hydrogen-bond donors (Lipinski definition) is 0. The topological polar surface area (TPSA) is 17.1 Å². The second kappa shape index (κ2) is 3.54. The summed E-state index contributed by atoms with van der Waals surface area (Å²) in [5.74, 6) is 0.470. The van der Waals surface area contributed by atoms with Gasteiger partial charge in [-0.2, -0.15) is 0 Å². The summed E-state index contributed by atoms with van der Waals surface area (Å²) in [4.78, 5) is 11.3. The Kier molecular flexibility index (Phi) is 2.56. The Morgan fingerprint density at radius 3 is 2.23 bits per heavy atom. The summed E-state index contributed by atoms with van der Waals surface area (Å²) >= 11 is 6.94. The van der Waals surface area contributed by atoms with E-state index in [1.54, 1.807) is 0 Å². The molecule has 1 saturated carbocycles. The molecule has 0 bridgehead atoms. The normalized spacial score (nSPS) is 21.4. The van der Waals surface area contributed by atoms with Crippen LogP contribution in [0.2, 0.25) is 0 Å². The molecule has 1 nitrogen and oxygen atoms in total. The van der Waals surface area contributed by atoms with Gasteiger partial charge in [0.15, 0.2) is 0 Å². The first-order valence-corrected chi connectivity index (χ1v) is 5.75. The zero-order valence-corrected chi connectivity index (χ0v) is 10.1. The highest BCUT2D eigenvalue weighted by molar-refractivity contribution is 9.11. The van der Waals surface area contributed by atoms with Crippen LogP contribution < -0.4 is 0 Å². The molecule has 68 valence electrons. The quantitative estimate of drug-likeness (QED) is 0.774. The Balaban J connectivity index is 2.44. The van der Waals surface area contributed by atoms with E-state index in [1.807, 2.05) is 18.2 Å². The number of rotatable bonds is 1. The summed E-state index contributed by atoms with van der Waals surface area (Å²) in [6.45, 7) is 0. The summed E-state index contributed by atoms with van der Waals surface area (Å²) in [6.07, 6.45) is 1.72. The number of carbonyl (C=O) groups is 1. The van der Waals surface area contributed by atoms with Gasteiger partial charge in [0.25, 0.3) is 0 Å². The molecule has 1 unspecified atom stereocenters. The fourth-order valence-corrected chi connectivity index (χ4v) is 3.11. The van der Waals surface area contributed by atoms with E-state index < -0.39 is 0 Å². The van der Waals surface area contributed by atoms with Gasteiger partial charge in [0.2, 0.25) is 0 Å². The predicted octanol–water partition coefficient (Wildman–Crippen LogP) is 3.66. The Morgan fingerprint density at radius 2 is 1.85 bits per heavy atom. The Labute approximate surface area is 93.8 Å². The molecule has 0 saturated heterocycles. The maximum Gasteiger partial charge on any atom is 0.140 e. The SMILES string of the molecule is O=C1CCC1c1c(Br)cccc1Br. The van der Waals surface area contributed by atoms with E-state index in [1.165, 1.54) is 0 Å². The first-order valence-electron chi connectivity index (χ1n) is 4.17. The third kappa shape index (κ3) is 1.59. The van der Waals surface area contributed by atoms with E-state index in [-0.39, 0.29) is 5.92 Å². The van der Waals surface area contributed by atoms with Gasteiger partial charge in [0.1, 0.15) is 5.78 Å². The number of hydrogen-bond acceptors (Lipinski definition) is 1. The fourth-order valence-electron chi connectivity index (χ4n) is 1.56. The molecule has 2 rings (SSSR count). The standard InChI is InChI=1S/C10H8Br2O/c11-7-2-1-3-8(12)10(7)6-4-5-9(6)13/h1-3,6H,4-5H2. The molecule has 1 aromatic rings. The van der Waals surface area contributed by atoms with E-state index in [9.17, 15) is 4.79 Å². The van der Waals surface area contributed by atoms with Gasteiger partial charge in [-0.1, -0.05) is 37.9 Å². The molecule has 1 aliphatic carbocycles. The lowest BCUT2D eigenvalue weighted by Crippen LogP contribution is -2.23. The maximum atomic E-state index is 11.3. The highest BCUT2D eigenvalue weighted by Gasteiger charge is 2.32. The van der Waals surface area contributed by atoms with Gasteiger partial charge in [0, 0.05) is 21.3 Å². The summed E-state index contributed by atoms with van der Waals surface area (Å²) in [5, 5.41) is 0. The molecule has 0 aliphatic heterocycles. The zero-order valence-electron chi connectivity index (χ0n) is 6.89. The van der Waals surface area contributed by atoms with Crippen LogP contribution in [0.25, 0.3) is 0 Å². The number of Topliss-reactive ketones (excluding diaryl/α,β-unsaturated/α-hetero) is 1. The van der Waals surface area contributed by atoms with Crippen molar-refractivity contribution >= 4 is 37.6 Å². The Hall–Kier alpha value is -0.150. The molecule has 1 aliphatic rings. The first kappa shape index (κ1) is 9.41. The van der Waals surface area contributed by atoms with Crippen molar-refractivity contribution in [3.8, 4) is 0 Å². The molecule has 0 radical (unpaired) electrons. The number of halogens is 2. The Morgan fingerprint density at radius 1 is 1.23 bits per heavy atom. The van der Waals surface area contributed by atoms with Crippen molar-refractivity contribution in [2.75, 3.05) is 0 Å². The van der Waals surface area contributed by atoms with Gasteiger partial charge in [-0.3, -0.25) is 4.79 Å². The third-order valence-corrected chi connectivity index (χ3v) is 3.80. The summed E-state index contributed by atoms with van der Waals surface area (Å²) in [7, 11) is 0. The maximum absolute atomic E-state index is 11.3. The van der Waals surface area contributed by atoms with Gasteiger partial charge in [-0.15, -0.1) is 0 Å². The lowest BCUT2D eigenvalue weighted by Gasteiger charge is -2.26. The number of carbonyl (C=O) groups excluding carboxylic acids is 1.